The zero-order valence-corrected chi connectivity index (χ0v) is 7.65. The van der Waals surface area contributed by atoms with Crippen LogP contribution in [0.5, 0.6) is 0 Å². The fraction of sp³-hybridized carbons (Fsp3) is 0.857. The molecule has 0 aromatic heterocycles. The van der Waals surface area contributed by atoms with Crippen molar-refractivity contribution in [3.63, 3.8) is 0 Å². The van der Waals surface area contributed by atoms with Gasteiger partial charge in [0, 0.05) is 0 Å². The fourth-order valence-corrected chi connectivity index (χ4v) is 1.09. The standard InChI is InChI=1S/C7H14I/c1-2-3-4-5-6-7-8/h7H,2-6H2,1H3/q+1. The third-order valence-electron chi connectivity index (χ3n) is 1.17. The lowest BCUT2D eigenvalue weighted by Crippen LogP contribution is -1.73. The van der Waals surface area contributed by atoms with E-state index in [1.54, 1.807) is 0 Å². The van der Waals surface area contributed by atoms with Crippen molar-refractivity contribution < 1.29 is 0 Å². The van der Waals surface area contributed by atoms with E-state index >= 15 is 0 Å². The average molecular weight is 225 g/mol. The van der Waals surface area contributed by atoms with E-state index in [1.165, 1.54) is 32.1 Å². The van der Waals surface area contributed by atoms with Crippen LogP contribution in [0.15, 0.2) is 0 Å². The number of rotatable bonds is 5. The third kappa shape index (κ3) is 6.60. The fourth-order valence-electron chi connectivity index (χ4n) is 0.648. The second-order valence-corrected chi connectivity index (χ2v) is 2.88. The first-order chi connectivity index (χ1) is 3.91. The molecule has 1 heteroatoms. The summed E-state index contributed by atoms with van der Waals surface area (Å²) in [7, 11) is 0. The monoisotopic (exact) mass is 225 g/mol. The molecule has 0 saturated carbocycles. The van der Waals surface area contributed by atoms with Crippen molar-refractivity contribution in [1.82, 2.24) is 0 Å². The van der Waals surface area contributed by atoms with E-state index in [1.807, 2.05) is 0 Å². The highest BCUT2D eigenvalue weighted by Crippen LogP contribution is 2.06. The maximum Gasteiger partial charge on any atom is 0.212 e. The van der Waals surface area contributed by atoms with Crippen LogP contribution in [-0.4, -0.2) is 0 Å². The number of halogens is 1. The molecule has 0 aliphatic carbocycles. The van der Waals surface area contributed by atoms with Crippen LogP contribution in [0.2, 0.25) is 0 Å². The van der Waals surface area contributed by atoms with Gasteiger partial charge in [-0.3, -0.25) is 0 Å². The zero-order chi connectivity index (χ0) is 6.24. The highest BCUT2D eigenvalue weighted by atomic mass is 127. The molecule has 0 atom stereocenters. The van der Waals surface area contributed by atoms with Crippen LogP contribution in [0.3, 0.4) is 0 Å². The Morgan fingerprint density at radius 3 is 2.50 bits per heavy atom. The predicted octanol–water partition coefficient (Wildman–Crippen LogP) is 3.55. The van der Waals surface area contributed by atoms with E-state index in [2.05, 4.69) is 33.9 Å². The smallest absolute Gasteiger partial charge is 0.0654 e. The topological polar surface area (TPSA) is 0 Å². The van der Waals surface area contributed by atoms with Crippen LogP contribution in [-0.2, 0) is 0 Å². The summed E-state index contributed by atoms with van der Waals surface area (Å²) in [6.45, 7) is 2.24. The van der Waals surface area contributed by atoms with Crippen LogP contribution in [0, 0.1) is 4.43 Å². The molecule has 0 radical (unpaired) electrons. The summed E-state index contributed by atoms with van der Waals surface area (Å²) >= 11 is 2.31. The lowest BCUT2D eigenvalue weighted by atomic mass is 10.2. The van der Waals surface area contributed by atoms with Gasteiger partial charge in [0.25, 0.3) is 0 Å². The molecule has 0 unspecified atom stereocenters. The summed E-state index contributed by atoms with van der Waals surface area (Å²) < 4.78 is 2.22. The average Bonchev–Trinajstić information content (AvgIpc) is 1.81. The summed E-state index contributed by atoms with van der Waals surface area (Å²) in [5.41, 5.74) is 0. The molecule has 0 spiro atoms. The van der Waals surface area contributed by atoms with Gasteiger partial charge in [-0.1, -0.05) is 19.8 Å². The summed E-state index contributed by atoms with van der Waals surface area (Å²) in [5, 5.41) is 0. The van der Waals surface area contributed by atoms with Crippen LogP contribution >= 0.6 is 22.6 Å². The van der Waals surface area contributed by atoms with Gasteiger partial charge in [-0.25, -0.2) is 0 Å². The largest absolute Gasteiger partial charge is 0.212 e. The minimum atomic E-state index is 1.29. The summed E-state index contributed by atoms with van der Waals surface area (Å²) in [6.07, 6.45) is 6.85. The van der Waals surface area contributed by atoms with Gasteiger partial charge in [0.05, 0.1) is 6.42 Å². The van der Waals surface area contributed by atoms with Crippen molar-refractivity contribution in [3.05, 3.63) is 4.43 Å². The number of hydrogen-bond donors (Lipinski definition) is 0. The number of unbranched alkanes of at least 4 members (excludes halogenated alkanes) is 4. The Kier molecular flexibility index (Phi) is 8.17. The van der Waals surface area contributed by atoms with E-state index in [-0.39, 0.29) is 0 Å². The molecule has 0 aromatic carbocycles. The van der Waals surface area contributed by atoms with Crippen molar-refractivity contribution in [2.45, 2.75) is 39.0 Å². The van der Waals surface area contributed by atoms with Gasteiger partial charge in [0.15, 0.2) is 0 Å². The minimum Gasteiger partial charge on any atom is -0.0654 e. The number of hydrogen-bond acceptors (Lipinski definition) is 0. The molecule has 0 nitrogen and oxygen atoms in total. The molecule has 0 saturated heterocycles. The van der Waals surface area contributed by atoms with E-state index in [0.29, 0.717) is 0 Å². The van der Waals surface area contributed by atoms with Gasteiger partial charge in [-0.2, -0.15) is 0 Å². The van der Waals surface area contributed by atoms with Crippen LogP contribution in [0.1, 0.15) is 39.0 Å². The second kappa shape index (κ2) is 7.60. The van der Waals surface area contributed by atoms with Crippen LogP contribution in [0.25, 0.3) is 0 Å². The Morgan fingerprint density at radius 2 is 2.00 bits per heavy atom. The van der Waals surface area contributed by atoms with Crippen molar-refractivity contribution in [2.24, 2.45) is 0 Å². The molecule has 48 valence electrons. The Labute approximate surface area is 66.2 Å². The highest BCUT2D eigenvalue weighted by Gasteiger charge is 1.91. The molecule has 0 aliphatic heterocycles. The first-order valence-corrected chi connectivity index (χ1v) is 4.58. The molecule has 0 amide bonds. The summed E-state index contributed by atoms with van der Waals surface area (Å²) in [5.74, 6) is 0. The Bertz CT molecular complexity index is 29.4. The Morgan fingerprint density at radius 1 is 1.25 bits per heavy atom. The lowest BCUT2D eigenvalue weighted by molar-refractivity contribution is 0.672. The Balaban J connectivity index is 2.53. The van der Waals surface area contributed by atoms with Gasteiger partial charge >= 0.3 is 0 Å². The van der Waals surface area contributed by atoms with E-state index in [4.69, 9.17) is 0 Å². The zero-order valence-electron chi connectivity index (χ0n) is 5.49. The highest BCUT2D eigenvalue weighted by molar-refractivity contribution is 14.1. The van der Waals surface area contributed by atoms with Crippen molar-refractivity contribution in [3.8, 4) is 0 Å². The Hall–Kier alpha value is 0.600. The molecule has 0 N–H and O–H groups in total. The second-order valence-electron chi connectivity index (χ2n) is 2.00. The molecular formula is C7H14I+. The van der Waals surface area contributed by atoms with Crippen LogP contribution < -0.4 is 0 Å². The first kappa shape index (κ1) is 8.60. The van der Waals surface area contributed by atoms with E-state index in [9.17, 15) is 0 Å². The predicted molar refractivity (Wildman–Crippen MR) is 47.1 cm³/mol. The lowest BCUT2D eigenvalue weighted by Gasteiger charge is -1.89. The molecule has 0 aromatic rings. The molecular weight excluding hydrogens is 211 g/mol. The molecule has 0 rings (SSSR count). The molecule has 0 aliphatic rings. The first-order valence-electron chi connectivity index (χ1n) is 3.33. The molecule has 8 heavy (non-hydrogen) atoms. The van der Waals surface area contributed by atoms with Gasteiger partial charge in [0.2, 0.25) is 22.6 Å². The van der Waals surface area contributed by atoms with E-state index < -0.39 is 0 Å². The molecule has 0 fully saturated rings. The van der Waals surface area contributed by atoms with Crippen molar-refractivity contribution >= 4 is 22.6 Å². The maximum absolute atomic E-state index is 2.31. The van der Waals surface area contributed by atoms with Gasteiger partial charge in [-0.05, 0) is 12.8 Å². The van der Waals surface area contributed by atoms with Gasteiger partial charge in [0.1, 0.15) is 4.43 Å². The molecule has 0 bridgehead atoms. The maximum atomic E-state index is 2.31. The van der Waals surface area contributed by atoms with Gasteiger partial charge in [-0.15, -0.1) is 0 Å². The quantitative estimate of drug-likeness (QED) is 0.381. The van der Waals surface area contributed by atoms with Crippen LogP contribution in [0.4, 0.5) is 0 Å². The molecule has 0 heterocycles. The SMILES string of the molecule is CCCCCC[CH+]I. The van der Waals surface area contributed by atoms with Crippen molar-refractivity contribution in [1.29, 1.82) is 0 Å². The summed E-state index contributed by atoms with van der Waals surface area (Å²) in [6, 6.07) is 0. The normalized spacial score (nSPS) is 9.25. The van der Waals surface area contributed by atoms with Crippen molar-refractivity contribution in [2.75, 3.05) is 0 Å². The van der Waals surface area contributed by atoms with Gasteiger partial charge < -0.3 is 0 Å². The summed E-state index contributed by atoms with van der Waals surface area (Å²) in [4.78, 5) is 0. The third-order valence-corrected chi connectivity index (χ3v) is 1.79. The minimum absolute atomic E-state index is 1.29. The van der Waals surface area contributed by atoms with E-state index in [0.717, 1.165) is 0 Å².